The summed E-state index contributed by atoms with van der Waals surface area (Å²) in [5.74, 6) is 2.50. The largest absolute Gasteiger partial charge is 0.286 e. The van der Waals surface area contributed by atoms with Gasteiger partial charge in [0.1, 0.15) is 5.82 Å². The number of hydrogen-bond donors (Lipinski definition) is 0. The molecule has 0 spiro atoms. The number of halogens is 1. The van der Waals surface area contributed by atoms with Crippen molar-refractivity contribution in [2.24, 2.45) is 0 Å². The molecule has 88 valence electrons. The zero-order valence-corrected chi connectivity index (χ0v) is 10.4. The molecule has 0 radical (unpaired) electrons. The Morgan fingerprint density at radius 3 is 2.76 bits per heavy atom. The van der Waals surface area contributed by atoms with Crippen LogP contribution in [0.2, 0.25) is 5.15 Å². The second-order valence-corrected chi connectivity index (χ2v) is 4.69. The van der Waals surface area contributed by atoms with Gasteiger partial charge in [0.2, 0.25) is 0 Å². The van der Waals surface area contributed by atoms with Crippen LogP contribution < -0.4 is 0 Å². The minimum Gasteiger partial charge on any atom is -0.286 e. The van der Waals surface area contributed by atoms with Crippen LogP contribution >= 0.6 is 11.6 Å². The third kappa shape index (κ3) is 2.05. The number of hydrogen-bond acceptors (Lipinski definition) is 3. The lowest BCUT2D eigenvalue weighted by atomic mass is 10.4. The SMILES string of the molecule is CCc1cn(-c2ccc(Cl)nn2)c(C2CC2)n1. The minimum atomic E-state index is 0.414. The highest BCUT2D eigenvalue weighted by Gasteiger charge is 2.29. The molecule has 2 heterocycles. The van der Waals surface area contributed by atoms with E-state index in [4.69, 9.17) is 11.6 Å². The molecule has 2 aromatic heterocycles. The highest BCUT2D eigenvalue weighted by Crippen LogP contribution is 2.40. The molecule has 5 heteroatoms. The van der Waals surface area contributed by atoms with Crippen molar-refractivity contribution in [2.75, 3.05) is 0 Å². The standard InChI is InChI=1S/C12H13ClN4/c1-2-9-7-17(12(14-9)8-3-4-8)11-6-5-10(13)15-16-11/h5-8H,2-4H2,1H3. The molecule has 0 atom stereocenters. The van der Waals surface area contributed by atoms with Crippen molar-refractivity contribution in [3.05, 3.63) is 35.0 Å². The van der Waals surface area contributed by atoms with E-state index in [1.165, 1.54) is 12.8 Å². The van der Waals surface area contributed by atoms with Crippen LogP contribution in [0.25, 0.3) is 5.82 Å². The first kappa shape index (κ1) is 10.7. The third-order valence-corrected chi connectivity index (χ3v) is 3.15. The molecular formula is C12H13ClN4. The Morgan fingerprint density at radius 2 is 2.18 bits per heavy atom. The lowest BCUT2D eigenvalue weighted by Gasteiger charge is -2.04. The Hall–Kier alpha value is -1.42. The number of nitrogens with zero attached hydrogens (tertiary/aromatic N) is 4. The molecule has 0 unspecified atom stereocenters. The van der Waals surface area contributed by atoms with Gasteiger partial charge >= 0.3 is 0 Å². The van der Waals surface area contributed by atoms with Crippen molar-refractivity contribution in [1.82, 2.24) is 19.7 Å². The van der Waals surface area contributed by atoms with E-state index in [2.05, 4.69) is 22.1 Å². The second-order valence-electron chi connectivity index (χ2n) is 4.30. The molecule has 1 fully saturated rings. The monoisotopic (exact) mass is 248 g/mol. The summed E-state index contributed by atoms with van der Waals surface area (Å²) in [6, 6.07) is 3.63. The zero-order valence-electron chi connectivity index (χ0n) is 9.60. The Labute approximate surface area is 105 Å². The summed E-state index contributed by atoms with van der Waals surface area (Å²) in [7, 11) is 0. The van der Waals surface area contributed by atoms with E-state index in [0.29, 0.717) is 11.1 Å². The van der Waals surface area contributed by atoms with Crippen LogP contribution in [0.4, 0.5) is 0 Å². The predicted octanol–water partition coefficient (Wildman–Crippen LogP) is 2.76. The van der Waals surface area contributed by atoms with Crippen LogP contribution in [0.3, 0.4) is 0 Å². The minimum absolute atomic E-state index is 0.414. The van der Waals surface area contributed by atoms with Gasteiger partial charge in [-0.15, -0.1) is 10.2 Å². The van der Waals surface area contributed by atoms with Gasteiger partial charge < -0.3 is 0 Å². The molecule has 3 rings (SSSR count). The van der Waals surface area contributed by atoms with Gasteiger partial charge in [-0.05, 0) is 31.4 Å². The topological polar surface area (TPSA) is 43.6 Å². The molecule has 2 aromatic rings. The molecule has 0 aliphatic heterocycles. The summed E-state index contributed by atoms with van der Waals surface area (Å²) in [6.45, 7) is 2.11. The summed E-state index contributed by atoms with van der Waals surface area (Å²) in [6.07, 6.45) is 5.43. The van der Waals surface area contributed by atoms with E-state index in [1.54, 1.807) is 6.07 Å². The molecule has 4 nitrogen and oxygen atoms in total. The molecule has 1 aliphatic rings. The van der Waals surface area contributed by atoms with E-state index >= 15 is 0 Å². The van der Waals surface area contributed by atoms with Crippen LogP contribution in [-0.2, 0) is 6.42 Å². The van der Waals surface area contributed by atoms with Gasteiger partial charge in [-0.2, -0.15) is 0 Å². The fraction of sp³-hybridized carbons (Fsp3) is 0.417. The fourth-order valence-electron chi connectivity index (χ4n) is 1.87. The Balaban J connectivity index is 2.05. The molecule has 0 saturated heterocycles. The summed E-state index contributed by atoms with van der Waals surface area (Å²) in [5, 5.41) is 8.40. The summed E-state index contributed by atoms with van der Waals surface area (Å²) < 4.78 is 2.04. The predicted molar refractivity (Wildman–Crippen MR) is 65.5 cm³/mol. The quantitative estimate of drug-likeness (QED) is 0.839. The zero-order chi connectivity index (χ0) is 11.8. The molecule has 0 bridgehead atoms. The van der Waals surface area contributed by atoms with Crippen LogP contribution in [0.1, 0.15) is 37.2 Å². The smallest absolute Gasteiger partial charge is 0.160 e. The fourth-order valence-corrected chi connectivity index (χ4v) is 1.97. The average Bonchev–Trinajstić information content (AvgIpc) is 3.10. The van der Waals surface area contributed by atoms with E-state index in [0.717, 1.165) is 23.8 Å². The van der Waals surface area contributed by atoms with E-state index in [9.17, 15) is 0 Å². The van der Waals surface area contributed by atoms with Crippen molar-refractivity contribution < 1.29 is 0 Å². The molecule has 0 N–H and O–H groups in total. The van der Waals surface area contributed by atoms with Crippen molar-refractivity contribution in [1.29, 1.82) is 0 Å². The third-order valence-electron chi connectivity index (χ3n) is 2.95. The molecule has 0 aromatic carbocycles. The van der Waals surface area contributed by atoms with Crippen LogP contribution in [0.5, 0.6) is 0 Å². The Bertz CT molecular complexity index is 528. The maximum atomic E-state index is 5.75. The summed E-state index contributed by atoms with van der Waals surface area (Å²) >= 11 is 5.75. The van der Waals surface area contributed by atoms with Crippen molar-refractivity contribution >= 4 is 11.6 Å². The normalized spacial score (nSPS) is 15.2. The first-order valence-corrected chi connectivity index (χ1v) is 6.23. The molecular weight excluding hydrogens is 236 g/mol. The first-order chi connectivity index (χ1) is 8.28. The van der Waals surface area contributed by atoms with Gasteiger partial charge in [0.05, 0.1) is 5.69 Å². The van der Waals surface area contributed by atoms with E-state index in [-0.39, 0.29) is 0 Å². The lowest BCUT2D eigenvalue weighted by Crippen LogP contribution is -2.02. The van der Waals surface area contributed by atoms with Gasteiger partial charge in [-0.25, -0.2) is 4.98 Å². The van der Waals surface area contributed by atoms with Crippen molar-refractivity contribution in [2.45, 2.75) is 32.1 Å². The highest BCUT2D eigenvalue weighted by molar-refractivity contribution is 6.29. The molecule has 0 amide bonds. The van der Waals surface area contributed by atoms with Gasteiger partial charge in [0.25, 0.3) is 0 Å². The second kappa shape index (κ2) is 4.11. The van der Waals surface area contributed by atoms with Crippen molar-refractivity contribution in [3.8, 4) is 5.82 Å². The summed E-state index contributed by atoms with van der Waals surface area (Å²) in [5.41, 5.74) is 1.10. The first-order valence-electron chi connectivity index (χ1n) is 5.85. The Morgan fingerprint density at radius 1 is 1.35 bits per heavy atom. The van der Waals surface area contributed by atoms with Gasteiger partial charge in [-0.1, -0.05) is 18.5 Å². The summed E-state index contributed by atoms with van der Waals surface area (Å²) in [4.78, 5) is 4.65. The van der Waals surface area contributed by atoms with Crippen LogP contribution in [-0.4, -0.2) is 19.7 Å². The molecule has 17 heavy (non-hydrogen) atoms. The molecule has 1 saturated carbocycles. The number of imidazole rings is 1. The molecule has 1 aliphatic carbocycles. The maximum absolute atomic E-state index is 5.75. The number of rotatable bonds is 3. The highest BCUT2D eigenvalue weighted by atomic mass is 35.5. The van der Waals surface area contributed by atoms with Crippen molar-refractivity contribution in [3.63, 3.8) is 0 Å². The van der Waals surface area contributed by atoms with E-state index < -0.39 is 0 Å². The Kier molecular flexibility index (Phi) is 2.59. The average molecular weight is 249 g/mol. The van der Waals surface area contributed by atoms with Crippen LogP contribution in [0, 0.1) is 0 Å². The lowest BCUT2D eigenvalue weighted by molar-refractivity contribution is 0.830. The number of aromatic nitrogens is 4. The van der Waals surface area contributed by atoms with Gasteiger partial charge in [-0.3, -0.25) is 4.57 Å². The number of aryl methyl sites for hydroxylation is 1. The maximum Gasteiger partial charge on any atom is 0.160 e. The van der Waals surface area contributed by atoms with Crippen LogP contribution in [0.15, 0.2) is 18.3 Å². The van der Waals surface area contributed by atoms with E-state index in [1.807, 2.05) is 16.8 Å². The van der Waals surface area contributed by atoms with Gasteiger partial charge in [0.15, 0.2) is 11.0 Å². The van der Waals surface area contributed by atoms with Gasteiger partial charge in [0, 0.05) is 12.1 Å².